The van der Waals surface area contributed by atoms with Crippen LogP contribution in [0.5, 0.6) is 5.75 Å². The highest BCUT2D eigenvalue weighted by Crippen LogP contribution is 2.39. The Morgan fingerprint density at radius 2 is 2.00 bits per heavy atom. The zero-order chi connectivity index (χ0) is 18.2. The standard InChI is InChI=1S/C18H27NO3.C2H6/c1-4-18(3,21)15-8-6-5-7-14(15)12-22-17-10-9-13(2)19-16(17)11-20;1-2/h9-11,14-15,21H,4-8,12H2,1-3H3;1-2H3. The second kappa shape index (κ2) is 9.77. The minimum atomic E-state index is -0.645. The van der Waals surface area contributed by atoms with Crippen molar-refractivity contribution < 1.29 is 14.6 Å². The van der Waals surface area contributed by atoms with Crippen LogP contribution in [0, 0.1) is 18.8 Å². The van der Waals surface area contributed by atoms with E-state index in [4.69, 9.17) is 4.74 Å². The van der Waals surface area contributed by atoms with Crippen molar-refractivity contribution in [2.24, 2.45) is 11.8 Å². The number of pyridine rings is 1. The van der Waals surface area contributed by atoms with Crippen LogP contribution in [0.1, 0.15) is 76.0 Å². The van der Waals surface area contributed by atoms with Crippen molar-refractivity contribution in [2.75, 3.05) is 6.61 Å². The van der Waals surface area contributed by atoms with E-state index in [1.165, 1.54) is 12.8 Å². The van der Waals surface area contributed by atoms with Crippen molar-refractivity contribution in [1.82, 2.24) is 4.98 Å². The summed E-state index contributed by atoms with van der Waals surface area (Å²) in [5.74, 6) is 1.12. The number of aldehydes is 1. The molecule has 136 valence electrons. The van der Waals surface area contributed by atoms with Gasteiger partial charge in [0.25, 0.3) is 0 Å². The van der Waals surface area contributed by atoms with Crippen LogP contribution in [0.25, 0.3) is 0 Å². The zero-order valence-electron chi connectivity index (χ0n) is 15.8. The lowest BCUT2D eigenvalue weighted by atomic mass is 9.70. The predicted octanol–water partition coefficient (Wildman–Crippen LogP) is 4.57. The highest BCUT2D eigenvalue weighted by Gasteiger charge is 2.38. The summed E-state index contributed by atoms with van der Waals surface area (Å²) < 4.78 is 5.89. The number of rotatable bonds is 6. The van der Waals surface area contributed by atoms with Gasteiger partial charge < -0.3 is 9.84 Å². The van der Waals surface area contributed by atoms with E-state index in [1.54, 1.807) is 0 Å². The van der Waals surface area contributed by atoms with E-state index in [9.17, 15) is 9.90 Å². The maximum Gasteiger partial charge on any atom is 0.172 e. The van der Waals surface area contributed by atoms with Gasteiger partial charge in [0.05, 0.1) is 12.2 Å². The molecule has 2 rings (SSSR count). The van der Waals surface area contributed by atoms with Gasteiger partial charge in [-0.25, -0.2) is 4.98 Å². The SMILES string of the molecule is CC.CCC(C)(O)C1CCCCC1COc1ccc(C)nc1C=O. The van der Waals surface area contributed by atoms with E-state index in [0.717, 1.165) is 31.2 Å². The summed E-state index contributed by atoms with van der Waals surface area (Å²) in [6.07, 6.45) is 5.95. The Balaban J connectivity index is 0.00000139. The highest BCUT2D eigenvalue weighted by atomic mass is 16.5. The van der Waals surface area contributed by atoms with Gasteiger partial charge in [-0.05, 0) is 57.1 Å². The van der Waals surface area contributed by atoms with E-state index >= 15 is 0 Å². The molecule has 3 unspecified atom stereocenters. The van der Waals surface area contributed by atoms with E-state index < -0.39 is 5.60 Å². The molecule has 4 nitrogen and oxygen atoms in total. The number of aliphatic hydroxyl groups is 1. The van der Waals surface area contributed by atoms with Gasteiger partial charge in [0, 0.05) is 5.69 Å². The van der Waals surface area contributed by atoms with Crippen LogP contribution in [0.3, 0.4) is 0 Å². The average Bonchev–Trinajstić information content (AvgIpc) is 2.62. The number of ether oxygens (including phenoxy) is 1. The zero-order valence-corrected chi connectivity index (χ0v) is 15.8. The third kappa shape index (κ3) is 5.30. The second-order valence-electron chi connectivity index (χ2n) is 6.63. The van der Waals surface area contributed by atoms with Crippen LogP contribution in [0.4, 0.5) is 0 Å². The van der Waals surface area contributed by atoms with Gasteiger partial charge in [0.1, 0.15) is 11.4 Å². The number of hydrogen-bond donors (Lipinski definition) is 1. The van der Waals surface area contributed by atoms with Crippen LogP contribution >= 0.6 is 0 Å². The molecule has 1 heterocycles. The molecule has 0 radical (unpaired) electrons. The normalized spacial score (nSPS) is 22.8. The molecule has 0 aliphatic heterocycles. The summed E-state index contributed by atoms with van der Waals surface area (Å²) in [6, 6.07) is 3.66. The topological polar surface area (TPSA) is 59.4 Å². The molecule has 0 amide bonds. The molecular weight excluding hydrogens is 302 g/mol. The van der Waals surface area contributed by atoms with E-state index in [2.05, 4.69) is 4.98 Å². The van der Waals surface area contributed by atoms with Crippen molar-refractivity contribution in [1.29, 1.82) is 0 Å². The molecule has 1 fully saturated rings. The molecule has 0 bridgehead atoms. The molecule has 1 saturated carbocycles. The van der Waals surface area contributed by atoms with Crippen LogP contribution in [-0.2, 0) is 0 Å². The van der Waals surface area contributed by atoms with Gasteiger partial charge in [-0.1, -0.05) is 33.6 Å². The van der Waals surface area contributed by atoms with Crippen LogP contribution in [0.15, 0.2) is 12.1 Å². The summed E-state index contributed by atoms with van der Waals surface area (Å²) in [7, 11) is 0. The first kappa shape index (κ1) is 20.6. The fraction of sp³-hybridized carbons (Fsp3) is 0.700. The van der Waals surface area contributed by atoms with Gasteiger partial charge in [0.15, 0.2) is 6.29 Å². The Bertz CT molecular complexity index is 514. The lowest BCUT2D eigenvalue weighted by Crippen LogP contribution is -2.42. The molecule has 0 aromatic carbocycles. The summed E-state index contributed by atoms with van der Waals surface area (Å²) in [5.41, 5.74) is 0.515. The summed E-state index contributed by atoms with van der Waals surface area (Å²) in [4.78, 5) is 15.3. The molecule has 1 aliphatic rings. The van der Waals surface area contributed by atoms with E-state index in [0.29, 0.717) is 24.0 Å². The molecule has 1 aromatic heterocycles. The molecule has 24 heavy (non-hydrogen) atoms. The molecular formula is C20H33NO3. The fourth-order valence-electron chi connectivity index (χ4n) is 3.46. The Morgan fingerprint density at radius 1 is 1.33 bits per heavy atom. The van der Waals surface area contributed by atoms with Crippen molar-refractivity contribution in [3.8, 4) is 5.75 Å². The minimum Gasteiger partial charge on any atom is -0.491 e. The van der Waals surface area contributed by atoms with E-state index in [1.807, 2.05) is 46.8 Å². The van der Waals surface area contributed by atoms with Crippen molar-refractivity contribution in [3.63, 3.8) is 0 Å². The predicted molar refractivity (Wildman–Crippen MR) is 97.6 cm³/mol. The fourth-order valence-corrected chi connectivity index (χ4v) is 3.46. The van der Waals surface area contributed by atoms with Gasteiger partial charge in [0.2, 0.25) is 0 Å². The van der Waals surface area contributed by atoms with Gasteiger partial charge in [-0.3, -0.25) is 4.79 Å². The minimum absolute atomic E-state index is 0.254. The first-order valence-corrected chi connectivity index (χ1v) is 9.26. The third-order valence-electron chi connectivity index (χ3n) is 5.01. The molecule has 3 atom stereocenters. The lowest BCUT2D eigenvalue weighted by molar-refractivity contribution is -0.0543. The number of carbonyl (C=O) groups is 1. The summed E-state index contributed by atoms with van der Waals surface area (Å²) in [6.45, 7) is 10.3. The number of hydrogen-bond acceptors (Lipinski definition) is 4. The van der Waals surface area contributed by atoms with Crippen LogP contribution in [0.2, 0.25) is 0 Å². The quantitative estimate of drug-likeness (QED) is 0.773. The summed E-state index contributed by atoms with van der Waals surface area (Å²) in [5, 5.41) is 10.6. The first-order valence-electron chi connectivity index (χ1n) is 9.26. The van der Waals surface area contributed by atoms with Crippen molar-refractivity contribution in [2.45, 2.75) is 72.3 Å². The molecule has 1 aliphatic carbocycles. The molecule has 0 spiro atoms. The van der Waals surface area contributed by atoms with Gasteiger partial charge in [-0.2, -0.15) is 0 Å². The molecule has 1 N–H and O–H groups in total. The van der Waals surface area contributed by atoms with Gasteiger partial charge >= 0.3 is 0 Å². The van der Waals surface area contributed by atoms with E-state index in [-0.39, 0.29) is 5.92 Å². The van der Waals surface area contributed by atoms with Crippen molar-refractivity contribution in [3.05, 3.63) is 23.5 Å². The molecule has 4 heteroatoms. The van der Waals surface area contributed by atoms with Crippen LogP contribution in [-0.4, -0.2) is 28.6 Å². The first-order chi connectivity index (χ1) is 11.5. The smallest absolute Gasteiger partial charge is 0.172 e. The Hall–Kier alpha value is -1.42. The molecule has 0 saturated heterocycles. The molecule has 1 aromatic rings. The number of nitrogens with zero attached hydrogens (tertiary/aromatic N) is 1. The second-order valence-corrected chi connectivity index (χ2v) is 6.63. The monoisotopic (exact) mass is 335 g/mol. The largest absolute Gasteiger partial charge is 0.491 e. The Kier molecular flexibility index (Phi) is 8.40. The van der Waals surface area contributed by atoms with Crippen LogP contribution < -0.4 is 4.74 Å². The summed E-state index contributed by atoms with van der Waals surface area (Å²) >= 11 is 0. The number of aromatic nitrogens is 1. The number of aryl methyl sites for hydroxylation is 1. The maximum atomic E-state index is 11.1. The van der Waals surface area contributed by atoms with Crippen molar-refractivity contribution >= 4 is 6.29 Å². The average molecular weight is 335 g/mol. The number of carbonyl (C=O) groups excluding carboxylic acids is 1. The highest BCUT2D eigenvalue weighted by molar-refractivity contribution is 5.76. The maximum absolute atomic E-state index is 11.1. The van der Waals surface area contributed by atoms with Gasteiger partial charge in [-0.15, -0.1) is 0 Å². The lowest BCUT2D eigenvalue weighted by Gasteiger charge is -2.40. The Labute approximate surface area is 146 Å². The third-order valence-corrected chi connectivity index (χ3v) is 5.01. The Morgan fingerprint density at radius 3 is 2.62 bits per heavy atom.